The first-order valence-corrected chi connectivity index (χ1v) is 11.8. The molecule has 5 nitrogen and oxygen atoms in total. The Kier molecular flexibility index (Phi) is 7.89. The Morgan fingerprint density at radius 1 is 0.912 bits per heavy atom. The molecule has 0 spiro atoms. The quantitative estimate of drug-likeness (QED) is 0.484. The first-order valence-electron chi connectivity index (χ1n) is 11.8. The number of nitrogens with one attached hydrogen (secondary N) is 1. The highest BCUT2D eigenvalue weighted by Gasteiger charge is 2.22. The Morgan fingerprint density at radius 3 is 2.32 bits per heavy atom. The molecule has 3 aromatic rings. The molecule has 0 unspecified atom stereocenters. The molecule has 3 aromatic carbocycles. The van der Waals surface area contributed by atoms with Crippen LogP contribution in [0.1, 0.15) is 24.0 Å². The molecule has 4 rings (SSSR count). The molecule has 1 heterocycles. The van der Waals surface area contributed by atoms with Gasteiger partial charge in [-0.15, -0.1) is 0 Å². The number of likely N-dealkylation sites (tertiary alicyclic amines) is 1. The number of piperidine rings is 1. The van der Waals surface area contributed by atoms with E-state index in [0.29, 0.717) is 0 Å². The predicted octanol–water partition coefficient (Wildman–Crippen LogP) is 4.75. The largest absolute Gasteiger partial charge is 0.369 e. The Hall–Kier alpha value is -3.70. The van der Waals surface area contributed by atoms with Gasteiger partial charge in [0.05, 0.1) is 0 Å². The summed E-state index contributed by atoms with van der Waals surface area (Å²) in [6.07, 6.45) is 6.03. The van der Waals surface area contributed by atoms with Crippen molar-refractivity contribution < 1.29 is 9.59 Å². The third-order valence-electron chi connectivity index (χ3n) is 6.35. The molecule has 0 bridgehead atoms. The minimum atomic E-state index is -0.173. The minimum Gasteiger partial charge on any atom is -0.369 e. The second kappa shape index (κ2) is 11.4. The van der Waals surface area contributed by atoms with Gasteiger partial charge in [-0.3, -0.25) is 9.59 Å². The van der Waals surface area contributed by atoms with Gasteiger partial charge in [-0.2, -0.15) is 0 Å². The Balaban J connectivity index is 1.25. The number of benzene rings is 3. The maximum absolute atomic E-state index is 12.4. The fraction of sp³-hybridized carbons (Fsp3) is 0.241. The van der Waals surface area contributed by atoms with Gasteiger partial charge >= 0.3 is 0 Å². The molecule has 1 saturated heterocycles. The van der Waals surface area contributed by atoms with Crippen molar-refractivity contribution >= 4 is 23.6 Å². The van der Waals surface area contributed by atoms with Crippen LogP contribution in [0.25, 0.3) is 17.2 Å². The van der Waals surface area contributed by atoms with Gasteiger partial charge in [0.15, 0.2) is 0 Å². The van der Waals surface area contributed by atoms with Crippen molar-refractivity contribution in [1.29, 1.82) is 0 Å². The van der Waals surface area contributed by atoms with Gasteiger partial charge in [-0.05, 0) is 78.9 Å². The summed E-state index contributed by atoms with van der Waals surface area (Å²) >= 11 is 0. The molecular weight excluding hydrogens is 422 g/mol. The highest BCUT2D eigenvalue weighted by atomic mass is 16.1. The van der Waals surface area contributed by atoms with Gasteiger partial charge in [-0.25, -0.2) is 0 Å². The van der Waals surface area contributed by atoms with Gasteiger partial charge in [0, 0.05) is 24.2 Å². The second-order valence-electron chi connectivity index (χ2n) is 8.78. The zero-order valence-corrected chi connectivity index (χ0v) is 19.3. The Bertz CT molecular complexity index is 1130. The number of anilines is 1. The van der Waals surface area contributed by atoms with Crippen LogP contribution >= 0.6 is 0 Å². The third kappa shape index (κ3) is 6.65. The lowest BCUT2D eigenvalue weighted by molar-refractivity contribution is -0.123. The average Bonchev–Trinajstić information content (AvgIpc) is 2.88. The Labute approximate surface area is 201 Å². The molecule has 0 saturated carbocycles. The number of amides is 2. The number of carbonyl (C=O) groups excluding carboxylic acids is 2. The summed E-state index contributed by atoms with van der Waals surface area (Å²) in [5.74, 6) is -0.302. The van der Waals surface area contributed by atoms with Crippen LogP contribution < -0.4 is 11.1 Å². The van der Waals surface area contributed by atoms with E-state index in [-0.39, 0.29) is 17.7 Å². The van der Waals surface area contributed by atoms with Crippen LogP contribution in [0, 0.1) is 5.92 Å². The Morgan fingerprint density at radius 2 is 1.62 bits per heavy atom. The van der Waals surface area contributed by atoms with E-state index in [1.54, 1.807) is 6.08 Å². The number of nitrogens with zero attached hydrogens (tertiary/aromatic N) is 1. The van der Waals surface area contributed by atoms with E-state index in [1.165, 1.54) is 5.56 Å². The third-order valence-corrected chi connectivity index (χ3v) is 6.35. The molecule has 3 N–H and O–H groups in total. The van der Waals surface area contributed by atoms with Crippen LogP contribution in [-0.4, -0.2) is 36.3 Å². The summed E-state index contributed by atoms with van der Waals surface area (Å²) in [6.45, 7) is 2.80. The monoisotopic (exact) mass is 453 g/mol. The number of rotatable bonds is 8. The van der Waals surface area contributed by atoms with Crippen molar-refractivity contribution in [2.75, 3.05) is 25.0 Å². The molecule has 2 amide bonds. The smallest absolute Gasteiger partial charge is 0.248 e. The van der Waals surface area contributed by atoms with Gasteiger partial charge in [0.25, 0.3) is 0 Å². The van der Waals surface area contributed by atoms with Gasteiger partial charge in [-0.1, -0.05) is 60.7 Å². The fourth-order valence-corrected chi connectivity index (χ4v) is 4.29. The molecule has 1 fully saturated rings. The average molecular weight is 454 g/mol. The van der Waals surface area contributed by atoms with Crippen molar-refractivity contribution in [3.8, 4) is 11.1 Å². The van der Waals surface area contributed by atoms with Crippen molar-refractivity contribution in [2.24, 2.45) is 11.7 Å². The SMILES string of the molecule is NC(=O)C1CCN(CCc2ccc(NC(=O)/C=C/c3cccc(-c4ccccc4)c3)cc2)CC1. The van der Waals surface area contributed by atoms with E-state index < -0.39 is 0 Å². The molecule has 34 heavy (non-hydrogen) atoms. The topological polar surface area (TPSA) is 75.4 Å². The van der Waals surface area contributed by atoms with Crippen molar-refractivity contribution in [1.82, 2.24) is 4.90 Å². The van der Waals surface area contributed by atoms with Crippen LogP contribution in [0.5, 0.6) is 0 Å². The zero-order valence-electron chi connectivity index (χ0n) is 19.3. The van der Waals surface area contributed by atoms with Gasteiger partial charge in [0.2, 0.25) is 11.8 Å². The highest BCUT2D eigenvalue weighted by molar-refractivity contribution is 6.02. The second-order valence-corrected chi connectivity index (χ2v) is 8.78. The summed E-state index contributed by atoms with van der Waals surface area (Å²) in [5, 5.41) is 2.93. The normalized spacial score (nSPS) is 14.8. The zero-order chi connectivity index (χ0) is 23.8. The predicted molar refractivity (Wildman–Crippen MR) is 138 cm³/mol. The van der Waals surface area contributed by atoms with Crippen molar-refractivity contribution in [3.05, 3.63) is 96.1 Å². The summed E-state index contributed by atoms with van der Waals surface area (Å²) < 4.78 is 0. The molecule has 174 valence electrons. The summed E-state index contributed by atoms with van der Waals surface area (Å²) in [6, 6.07) is 26.3. The van der Waals surface area contributed by atoms with E-state index in [0.717, 1.165) is 61.3 Å². The van der Waals surface area contributed by atoms with Crippen molar-refractivity contribution in [3.63, 3.8) is 0 Å². The first-order chi connectivity index (χ1) is 16.6. The maximum Gasteiger partial charge on any atom is 0.248 e. The summed E-state index contributed by atoms with van der Waals surface area (Å²) in [5.41, 5.74) is 10.7. The lowest BCUT2D eigenvalue weighted by Crippen LogP contribution is -2.39. The van der Waals surface area contributed by atoms with Crippen LogP contribution in [0.2, 0.25) is 0 Å². The minimum absolute atomic E-state index is 0.0287. The van der Waals surface area contributed by atoms with E-state index in [1.807, 2.05) is 48.5 Å². The lowest BCUT2D eigenvalue weighted by atomic mass is 9.96. The molecule has 1 aliphatic heterocycles. The maximum atomic E-state index is 12.4. The fourth-order valence-electron chi connectivity index (χ4n) is 4.29. The summed E-state index contributed by atoms with van der Waals surface area (Å²) in [7, 11) is 0. The number of hydrogen-bond acceptors (Lipinski definition) is 3. The molecular formula is C29H31N3O2. The van der Waals surface area contributed by atoms with E-state index >= 15 is 0 Å². The molecule has 5 heteroatoms. The van der Waals surface area contributed by atoms with Gasteiger partial charge < -0.3 is 16.0 Å². The number of carbonyl (C=O) groups is 2. The lowest BCUT2D eigenvalue weighted by Gasteiger charge is -2.30. The molecule has 0 radical (unpaired) electrons. The van der Waals surface area contributed by atoms with E-state index in [4.69, 9.17) is 5.73 Å². The van der Waals surface area contributed by atoms with Crippen LogP contribution in [-0.2, 0) is 16.0 Å². The number of hydrogen-bond donors (Lipinski definition) is 2. The number of primary amides is 1. The van der Waals surface area contributed by atoms with Crippen molar-refractivity contribution in [2.45, 2.75) is 19.3 Å². The molecule has 0 aliphatic carbocycles. The van der Waals surface area contributed by atoms with Crippen LogP contribution in [0.3, 0.4) is 0 Å². The molecule has 1 aliphatic rings. The van der Waals surface area contributed by atoms with Gasteiger partial charge in [0.1, 0.15) is 0 Å². The summed E-state index contributed by atoms with van der Waals surface area (Å²) in [4.78, 5) is 26.1. The van der Waals surface area contributed by atoms with Crippen LogP contribution in [0.4, 0.5) is 5.69 Å². The number of nitrogens with two attached hydrogens (primary N) is 1. The first kappa shape index (κ1) is 23.5. The van der Waals surface area contributed by atoms with E-state index in [9.17, 15) is 9.59 Å². The standard InChI is InChI=1S/C29H31N3O2/c30-29(34)25-16-19-32(20-17-25)18-15-22-9-12-27(13-10-22)31-28(33)14-11-23-5-4-8-26(21-23)24-6-2-1-3-7-24/h1-14,21,25H,15-20H2,(H2,30,34)(H,31,33)/b14-11+. The molecule has 0 atom stereocenters. The molecule has 0 aromatic heterocycles. The highest BCUT2D eigenvalue weighted by Crippen LogP contribution is 2.21. The van der Waals surface area contributed by atoms with Crippen LogP contribution in [0.15, 0.2) is 84.9 Å². The van der Waals surface area contributed by atoms with E-state index in [2.05, 4.69) is 46.6 Å².